The predicted octanol–water partition coefficient (Wildman–Crippen LogP) is 6.24. The van der Waals surface area contributed by atoms with Crippen LogP contribution in [0.3, 0.4) is 0 Å². The zero-order valence-electron chi connectivity index (χ0n) is 21.3. The van der Waals surface area contributed by atoms with Gasteiger partial charge in [-0.2, -0.15) is 0 Å². The van der Waals surface area contributed by atoms with Gasteiger partial charge in [0.1, 0.15) is 28.5 Å². The van der Waals surface area contributed by atoms with E-state index in [2.05, 4.69) is 43.3 Å². The molecule has 0 N–H and O–H groups in total. The topological polar surface area (TPSA) is 57.4 Å². The largest absolute Gasteiger partial charge is 0.458 e. The number of hydrogen-bond acceptors (Lipinski definition) is 5. The minimum absolute atomic E-state index is 0.0631. The molecule has 4 aromatic carbocycles. The summed E-state index contributed by atoms with van der Waals surface area (Å²) in [5.74, 6) is 3.90. The summed E-state index contributed by atoms with van der Waals surface area (Å²) in [5.41, 5.74) is 9.04. The number of benzene rings is 4. The van der Waals surface area contributed by atoms with Crippen molar-refractivity contribution in [1.82, 2.24) is 9.97 Å². The van der Waals surface area contributed by atoms with Crippen molar-refractivity contribution in [2.75, 3.05) is 0 Å². The first-order valence-electron chi connectivity index (χ1n) is 13.3. The summed E-state index contributed by atoms with van der Waals surface area (Å²) in [7, 11) is 0. The van der Waals surface area contributed by atoms with Gasteiger partial charge < -0.3 is 13.9 Å². The van der Waals surface area contributed by atoms with Crippen LogP contribution in [-0.4, -0.2) is 16.7 Å². The predicted molar refractivity (Wildman–Crippen MR) is 154 cm³/mol. The SMILES string of the molecule is CCCc1ccnc(-c2ccc3c(c2)B2c4cc(-c5nc6ccccc6o5)ccc4Oc4cccc(c42)O3)c1. The molecule has 186 valence electrons. The van der Waals surface area contributed by atoms with Gasteiger partial charge >= 0.3 is 0 Å². The zero-order chi connectivity index (χ0) is 25.9. The van der Waals surface area contributed by atoms with Gasteiger partial charge in [-0.05, 0) is 89.1 Å². The van der Waals surface area contributed by atoms with Gasteiger partial charge in [0, 0.05) is 17.2 Å². The van der Waals surface area contributed by atoms with Gasteiger partial charge in [-0.25, -0.2) is 4.98 Å². The summed E-state index contributed by atoms with van der Waals surface area (Å²) in [6.45, 7) is 2.13. The third kappa shape index (κ3) is 3.56. The van der Waals surface area contributed by atoms with E-state index in [1.54, 1.807) is 0 Å². The van der Waals surface area contributed by atoms with E-state index >= 15 is 0 Å². The molecule has 0 fully saturated rings. The van der Waals surface area contributed by atoms with Gasteiger partial charge in [0.15, 0.2) is 5.58 Å². The molecule has 6 heteroatoms. The summed E-state index contributed by atoms with van der Waals surface area (Å²) in [5, 5.41) is 0. The van der Waals surface area contributed by atoms with Crippen LogP contribution in [0.2, 0.25) is 0 Å². The van der Waals surface area contributed by atoms with E-state index in [9.17, 15) is 0 Å². The molecule has 0 saturated carbocycles. The first kappa shape index (κ1) is 22.2. The molecule has 0 amide bonds. The van der Waals surface area contributed by atoms with Gasteiger partial charge in [-0.3, -0.25) is 4.98 Å². The Hall–Kier alpha value is -4.84. The maximum Gasteiger partial charge on any atom is 0.260 e. The highest BCUT2D eigenvalue weighted by molar-refractivity contribution is 6.98. The number of aromatic nitrogens is 2. The van der Waals surface area contributed by atoms with Crippen LogP contribution < -0.4 is 25.9 Å². The third-order valence-electron chi connectivity index (χ3n) is 7.60. The van der Waals surface area contributed by atoms with E-state index in [0.717, 1.165) is 80.1 Å². The molecule has 0 saturated heterocycles. The number of oxazole rings is 1. The first-order chi connectivity index (χ1) is 19.2. The van der Waals surface area contributed by atoms with Crippen molar-refractivity contribution in [3.8, 4) is 45.7 Å². The summed E-state index contributed by atoms with van der Waals surface area (Å²) in [6.07, 6.45) is 4.04. The molecule has 0 aliphatic carbocycles. The summed E-state index contributed by atoms with van der Waals surface area (Å²) < 4.78 is 18.9. The molecule has 0 radical (unpaired) electrons. The molecule has 39 heavy (non-hydrogen) atoms. The Morgan fingerprint density at radius 2 is 1.46 bits per heavy atom. The van der Waals surface area contributed by atoms with Crippen molar-refractivity contribution in [2.45, 2.75) is 19.8 Å². The van der Waals surface area contributed by atoms with Gasteiger partial charge in [0.05, 0.1) is 5.69 Å². The molecule has 2 aliphatic rings. The van der Waals surface area contributed by atoms with E-state index < -0.39 is 0 Å². The van der Waals surface area contributed by atoms with E-state index in [0.29, 0.717) is 5.89 Å². The molecule has 2 aromatic heterocycles. The molecular weight excluding hydrogens is 483 g/mol. The maximum absolute atomic E-state index is 6.42. The van der Waals surface area contributed by atoms with Gasteiger partial charge in [0.25, 0.3) is 6.71 Å². The Kier molecular flexibility index (Phi) is 4.89. The number of para-hydroxylation sites is 2. The van der Waals surface area contributed by atoms with Gasteiger partial charge in [-0.1, -0.05) is 43.7 Å². The monoisotopic (exact) mass is 506 g/mol. The fraction of sp³-hybridized carbons (Fsp3) is 0.0909. The fourth-order valence-corrected chi connectivity index (χ4v) is 5.80. The summed E-state index contributed by atoms with van der Waals surface area (Å²) in [6, 6.07) is 30.7. The Morgan fingerprint density at radius 3 is 2.23 bits per heavy atom. The van der Waals surface area contributed by atoms with Crippen LogP contribution in [0.4, 0.5) is 0 Å². The van der Waals surface area contributed by atoms with Crippen LogP contribution in [-0.2, 0) is 6.42 Å². The number of nitrogens with zero attached hydrogens (tertiary/aromatic N) is 2. The first-order valence-corrected chi connectivity index (χ1v) is 13.3. The minimum atomic E-state index is -0.0631. The maximum atomic E-state index is 6.42. The molecule has 0 spiro atoms. The van der Waals surface area contributed by atoms with Crippen molar-refractivity contribution < 1.29 is 13.9 Å². The van der Waals surface area contributed by atoms with Crippen molar-refractivity contribution in [1.29, 1.82) is 0 Å². The lowest BCUT2D eigenvalue weighted by molar-refractivity contribution is 0.464. The number of hydrogen-bond donors (Lipinski definition) is 0. The Labute approximate surface area is 226 Å². The molecule has 0 bridgehead atoms. The number of fused-ring (bicyclic) bond motifs is 5. The second kappa shape index (κ2) is 8.60. The standard InChI is InChI=1S/C33H23BN2O3/c1-2-6-20-15-16-35-26(17-20)21-11-13-27-23(18-21)34-24-19-22(33-36-25-7-3-4-8-29(25)39-33)12-14-28(24)38-31-10-5-9-30(37-27)32(31)34/h3-5,7-19H,2,6H2,1H3. The average Bonchev–Trinajstić information content (AvgIpc) is 3.41. The molecule has 0 unspecified atom stereocenters. The lowest BCUT2D eigenvalue weighted by Crippen LogP contribution is -2.57. The molecule has 5 nitrogen and oxygen atoms in total. The Balaban J connectivity index is 1.30. The summed E-state index contributed by atoms with van der Waals surface area (Å²) >= 11 is 0. The van der Waals surface area contributed by atoms with Crippen molar-refractivity contribution in [3.63, 3.8) is 0 Å². The van der Waals surface area contributed by atoms with Crippen LogP contribution in [0.5, 0.6) is 23.0 Å². The normalized spacial score (nSPS) is 12.8. The van der Waals surface area contributed by atoms with Crippen molar-refractivity contribution >= 4 is 34.2 Å². The number of rotatable bonds is 4. The van der Waals surface area contributed by atoms with Crippen molar-refractivity contribution in [3.05, 3.63) is 103 Å². The van der Waals surface area contributed by atoms with E-state index in [1.807, 2.05) is 60.8 Å². The lowest BCUT2D eigenvalue weighted by atomic mass is 9.34. The number of aryl methyl sites for hydroxylation is 1. The minimum Gasteiger partial charge on any atom is -0.458 e. The van der Waals surface area contributed by atoms with Gasteiger partial charge in [-0.15, -0.1) is 0 Å². The quantitative estimate of drug-likeness (QED) is 0.265. The second-order valence-corrected chi connectivity index (χ2v) is 10.1. The molecule has 2 aliphatic heterocycles. The van der Waals surface area contributed by atoms with Crippen LogP contribution in [0.15, 0.2) is 102 Å². The summed E-state index contributed by atoms with van der Waals surface area (Å²) in [4.78, 5) is 9.44. The van der Waals surface area contributed by atoms with E-state index in [1.165, 1.54) is 5.56 Å². The average molecular weight is 506 g/mol. The molecule has 8 rings (SSSR count). The smallest absolute Gasteiger partial charge is 0.260 e. The molecule has 4 heterocycles. The zero-order valence-corrected chi connectivity index (χ0v) is 21.3. The highest BCUT2D eigenvalue weighted by Gasteiger charge is 2.40. The van der Waals surface area contributed by atoms with Gasteiger partial charge in [0.2, 0.25) is 5.89 Å². The number of ether oxygens (including phenoxy) is 2. The fourth-order valence-electron chi connectivity index (χ4n) is 5.80. The Bertz CT molecular complexity index is 1860. The van der Waals surface area contributed by atoms with Crippen LogP contribution >= 0.6 is 0 Å². The second-order valence-electron chi connectivity index (χ2n) is 10.1. The molecule has 6 aromatic rings. The van der Waals surface area contributed by atoms with Crippen LogP contribution in [0, 0.1) is 0 Å². The number of pyridine rings is 1. The lowest BCUT2D eigenvalue weighted by Gasteiger charge is -2.33. The van der Waals surface area contributed by atoms with Crippen molar-refractivity contribution in [2.24, 2.45) is 0 Å². The molecule has 0 atom stereocenters. The van der Waals surface area contributed by atoms with Crippen LogP contribution in [0.1, 0.15) is 18.9 Å². The molecular formula is C33H23BN2O3. The Morgan fingerprint density at radius 1 is 0.718 bits per heavy atom. The highest BCUT2D eigenvalue weighted by Crippen LogP contribution is 2.36. The van der Waals surface area contributed by atoms with E-state index in [-0.39, 0.29) is 6.71 Å². The highest BCUT2D eigenvalue weighted by atomic mass is 16.5. The third-order valence-corrected chi connectivity index (χ3v) is 7.60. The van der Waals surface area contributed by atoms with E-state index in [4.69, 9.17) is 23.9 Å². The van der Waals surface area contributed by atoms with Crippen LogP contribution in [0.25, 0.3) is 33.8 Å².